The van der Waals surface area contributed by atoms with Gasteiger partial charge in [0.2, 0.25) is 0 Å². The highest BCUT2D eigenvalue weighted by Gasteiger charge is 2.38. The fourth-order valence-electron chi connectivity index (χ4n) is 3.74. The number of benzene rings is 1. The number of para-hydroxylation sites is 1. The topological polar surface area (TPSA) is 66.8 Å². The van der Waals surface area contributed by atoms with Gasteiger partial charge >= 0.3 is 11.9 Å². The van der Waals surface area contributed by atoms with Crippen LogP contribution in [0.2, 0.25) is 0 Å². The van der Waals surface area contributed by atoms with Crippen molar-refractivity contribution in [2.45, 2.75) is 18.1 Å². The van der Waals surface area contributed by atoms with Crippen molar-refractivity contribution >= 4 is 29.8 Å². The van der Waals surface area contributed by atoms with Gasteiger partial charge in [-0.25, -0.2) is 9.59 Å². The second-order valence-corrected chi connectivity index (χ2v) is 7.35. The van der Waals surface area contributed by atoms with Gasteiger partial charge in [0, 0.05) is 28.3 Å². The predicted octanol–water partition coefficient (Wildman–Crippen LogP) is 3.57. The summed E-state index contributed by atoms with van der Waals surface area (Å²) in [5.74, 6) is 0.375. The average molecular weight is 385 g/mol. The van der Waals surface area contributed by atoms with Crippen LogP contribution in [0.1, 0.15) is 48.6 Å². The molecule has 0 saturated carbocycles. The highest BCUT2D eigenvalue weighted by atomic mass is 32.2. The molecule has 2 aliphatic heterocycles. The van der Waals surface area contributed by atoms with Crippen LogP contribution in [-0.2, 0) is 15.2 Å². The molecule has 6 nitrogen and oxygen atoms in total. The van der Waals surface area contributed by atoms with Gasteiger partial charge in [0.25, 0.3) is 0 Å². The first-order chi connectivity index (χ1) is 13.1. The Bertz CT molecular complexity index is 975. The molecular formula is C20H19NO5S. The van der Waals surface area contributed by atoms with E-state index in [4.69, 9.17) is 14.2 Å². The lowest BCUT2D eigenvalue weighted by atomic mass is 10.1. The molecule has 0 saturated heterocycles. The monoisotopic (exact) mass is 385 g/mol. The molecule has 0 N–H and O–H groups in total. The molecule has 0 bridgehead atoms. The Balaban J connectivity index is 1.91. The summed E-state index contributed by atoms with van der Waals surface area (Å²) < 4.78 is 17.8. The summed E-state index contributed by atoms with van der Waals surface area (Å²) in [5, 5.41) is -0.0942. The van der Waals surface area contributed by atoms with Gasteiger partial charge in [0.05, 0.1) is 25.3 Å². The molecule has 1 aromatic carbocycles. The number of aromatic nitrogens is 1. The number of carbonyl (C=O) groups excluding carboxylic acids is 2. The number of esters is 2. The van der Waals surface area contributed by atoms with Gasteiger partial charge in [0.1, 0.15) is 17.7 Å². The number of hydrogen-bond acceptors (Lipinski definition) is 6. The van der Waals surface area contributed by atoms with Crippen molar-refractivity contribution in [3.05, 3.63) is 57.9 Å². The molecule has 0 unspecified atom stereocenters. The molecule has 3 heterocycles. The number of methoxy groups -OCH3 is 2. The molecule has 1 atom stereocenters. The molecule has 0 fully saturated rings. The van der Waals surface area contributed by atoms with Gasteiger partial charge in [-0.15, -0.1) is 11.8 Å². The summed E-state index contributed by atoms with van der Waals surface area (Å²) >= 11 is 1.69. The minimum atomic E-state index is -0.534. The fourth-order valence-corrected chi connectivity index (χ4v) is 5.13. The van der Waals surface area contributed by atoms with Gasteiger partial charge in [0.15, 0.2) is 0 Å². The molecule has 0 amide bonds. The van der Waals surface area contributed by atoms with Crippen LogP contribution in [0, 0.1) is 6.92 Å². The van der Waals surface area contributed by atoms with E-state index in [0.717, 1.165) is 22.6 Å². The summed E-state index contributed by atoms with van der Waals surface area (Å²) in [6.07, 6.45) is 4.02. The molecule has 1 aromatic heterocycles. The summed E-state index contributed by atoms with van der Waals surface area (Å²) in [6.45, 7) is 2.36. The van der Waals surface area contributed by atoms with Crippen molar-refractivity contribution in [3.63, 3.8) is 0 Å². The Morgan fingerprint density at radius 3 is 2.67 bits per heavy atom. The van der Waals surface area contributed by atoms with Gasteiger partial charge in [-0.05, 0) is 13.0 Å². The number of fused-ring (bicyclic) bond motifs is 2. The van der Waals surface area contributed by atoms with Crippen LogP contribution in [0.15, 0.2) is 24.3 Å². The van der Waals surface area contributed by atoms with E-state index >= 15 is 0 Å². The number of ether oxygens (including phenoxy) is 3. The van der Waals surface area contributed by atoms with Crippen LogP contribution in [0.25, 0.3) is 6.08 Å². The van der Waals surface area contributed by atoms with Gasteiger partial charge < -0.3 is 18.8 Å². The number of rotatable bonds is 3. The lowest BCUT2D eigenvalue weighted by Gasteiger charge is -2.22. The minimum Gasteiger partial charge on any atom is -0.488 e. The van der Waals surface area contributed by atoms with Crippen LogP contribution < -0.4 is 4.74 Å². The van der Waals surface area contributed by atoms with Crippen LogP contribution in [0.5, 0.6) is 5.75 Å². The van der Waals surface area contributed by atoms with E-state index in [2.05, 4.69) is 0 Å². The van der Waals surface area contributed by atoms with Gasteiger partial charge in [-0.1, -0.05) is 24.3 Å². The lowest BCUT2D eigenvalue weighted by Crippen LogP contribution is -2.12. The largest absolute Gasteiger partial charge is 0.488 e. The maximum Gasteiger partial charge on any atom is 0.340 e. The minimum absolute atomic E-state index is 0.0942. The van der Waals surface area contributed by atoms with E-state index in [0.29, 0.717) is 23.6 Å². The summed E-state index contributed by atoms with van der Waals surface area (Å²) in [4.78, 5) is 24.8. The van der Waals surface area contributed by atoms with E-state index < -0.39 is 11.9 Å². The SMILES string of the molecule is COC(=O)c1c(C(=O)OC)c2n(c1C)[C@@H](c1cccc3c1OCC=C3)SC2. The number of hydrogen-bond donors (Lipinski definition) is 0. The Morgan fingerprint density at radius 2 is 1.93 bits per heavy atom. The standard InChI is InChI=1S/C20H19NO5S/c1-11-15(19(22)24-2)16(20(23)25-3)14-10-27-18(21(11)14)13-8-4-6-12-7-5-9-26-17(12)13/h4-8,18H,9-10H2,1-3H3/t18-/m1/s1. The second-order valence-electron chi connectivity index (χ2n) is 6.28. The molecule has 2 aliphatic rings. The zero-order valence-corrected chi connectivity index (χ0v) is 16.1. The zero-order chi connectivity index (χ0) is 19.1. The van der Waals surface area contributed by atoms with Crippen molar-refractivity contribution in [1.82, 2.24) is 4.57 Å². The summed E-state index contributed by atoms with van der Waals surface area (Å²) in [6, 6.07) is 6.03. The maximum absolute atomic E-state index is 12.4. The average Bonchev–Trinajstić information content (AvgIpc) is 3.25. The van der Waals surface area contributed by atoms with Crippen molar-refractivity contribution in [2.24, 2.45) is 0 Å². The van der Waals surface area contributed by atoms with Gasteiger partial charge in [-0.3, -0.25) is 0 Å². The van der Waals surface area contributed by atoms with Crippen molar-refractivity contribution in [3.8, 4) is 5.75 Å². The number of carbonyl (C=O) groups is 2. The molecule has 27 heavy (non-hydrogen) atoms. The smallest absolute Gasteiger partial charge is 0.340 e. The van der Waals surface area contributed by atoms with Crippen LogP contribution >= 0.6 is 11.8 Å². The van der Waals surface area contributed by atoms with Crippen molar-refractivity contribution in [1.29, 1.82) is 0 Å². The normalized spacial score (nSPS) is 17.1. The number of thioether (sulfide) groups is 1. The first-order valence-electron chi connectivity index (χ1n) is 8.52. The third-order valence-corrected chi connectivity index (χ3v) is 6.13. The quantitative estimate of drug-likeness (QED) is 0.753. The fraction of sp³-hybridized carbons (Fsp3) is 0.300. The Hall–Kier alpha value is -2.67. The molecule has 0 radical (unpaired) electrons. The van der Waals surface area contributed by atoms with E-state index in [-0.39, 0.29) is 10.9 Å². The number of nitrogens with zero attached hydrogens (tertiary/aromatic N) is 1. The van der Waals surface area contributed by atoms with Crippen LogP contribution in [0.3, 0.4) is 0 Å². The summed E-state index contributed by atoms with van der Waals surface area (Å²) in [7, 11) is 2.63. The van der Waals surface area contributed by atoms with Crippen LogP contribution in [0.4, 0.5) is 0 Å². The maximum atomic E-state index is 12.4. The highest BCUT2D eigenvalue weighted by Crippen LogP contribution is 2.48. The molecule has 2 aromatic rings. The summed E-state index contributed by atoms with van der Waals surface area (Å²) in [5.41, 5.74) is 4.08. The molecule has 7 heteroatoms. The molecular weight excluding hydrogens is 366 g/mol. The third-order valence-electron chi connectivity index (χ3n) is 4.91. The van der Waals surface area contributed by atoms with E-state index in [1.807, 2.05) is 41.8 Å². The Labute approximate surface area is 161 Å². The lowest BCUT2D eigenvalue weighted by molar-refractivity contribution is 0.0555. The molecule has 4 rings (SSSR count). The van der Waals surface area contributed by atoms with E-state index in [1.54, 1.807) is 11.8 Å². The highest BCUT2D eigenvalue weighted by molar-refractivity contribution is 7.99. The zero-order valence-electron chi connectivity index (χ0n) is 15.3. The third kappa shape index (κ3) is 2.65. The molecule has 140 valence electrons. The predicted molar refractivity (Wildman–Crippen MR) is 102 cm³/mol. The first kappa shape index (κ1) is 17.7. The molecule has 0 aliphatic carbocycles. The second kappa shape index (κ2) is 6.81. The van der Waals surface area contributed by atoms with Gasteiger partial charge in [-0.2, -0.15) is 0 Å². The first-order valence-corrected chi connectivity index (χ1v) is 9.57. The van der Waals surface area contributed by atoms with Crippen molar-refractivity contribution < 1.29 is 23.8 Å². The Kier molecular flexibility index (Phi) is 4.47. The van der Waals surface area contributed by atoms with Crippen LogP contribution in [-0.4, -0.2) is 37.3 Å². The molecule has 0 spiro atoms. The Morgan fingerprint density at radius 1 is 1.19 bits per heavy atom. The van der Waals surface area contributed by atoms with E-state index in [9.17, 15) is 9.59 Å². The van der Waals surface area contributed by atoms with E-state index in [1.165, 1.54) is 14.2 Å². The van der Waals surface area contributed by atoms with Crippen molar-refractivity contribution in [2.75, 3.05) is 20.8 Å².